The quantitative estimate of drug-likeness (QED) is 0.785. The van der Waals surface area contributed by atoms with Gasteiger partial charge in [0.1, 0.15) is 5.60 Å². The zero-order valence-corrected chi connectivity index (χ0v) is 12.5. The van der Waals surface area contributed by atoms with E-state index in [1.54, 1.807) is 21.0 Å². The highest BCUT2D eigenvalue weighted by Crippen LogP contribution is 2.17. The molecule has 0 spiro atoms. The van der Waals surface area contributed by atoms with Gasteiger partial charge in [0.05, 0.1) is 0 Å². The SMILES string of the molecule is COC(C)(C)C(=O)NCC(C(C)C)N1CCCC1. The number of amides is 1. The number of methoxy groups -OCH3 is 1. The van der Waals surface area contributed by atoms with Crippen LogP contribution >= 0.6 is 0 Å². The normalized spacial score (nSPS) is 19.2. The molecule has 1 aliphatic rings. The average Bonchev–Trinajstić information content (AvgIpc) is 2.82. The molecule has 1 atom stereocenters. The summed E-state index contributed by atoms with van der Waals surface area (Å²) in [5, 5.41) is 3.03. The molecular formula is C14H28N2O2. The van der Waals surface area contributed by atoms with Crippen LogP contribution in [0.4, 0.5) is 0 Å². The fourth-order valence-corrected chi connectivity index (χ4v) is 2.36. The standard InChI is InChI=1S/C14H28N2O2/c1-11(2)12(16-8-6-7-9-16)10-15-13(17)14(3,4)18-5/h11-12H,6-10H2,1-5H3,(H,15,17). The molecule has 1 saturated heterocycles. The highest BCUT2D eigenvalue weighted by atomic mass is 16.5. The predicted octanol–water partition coefficient (Wildman–Crippen LogP) is 1.65. The molecule has 1 unspecified atom stereocenters. The van der Waals surface area contributed by atoms with Gasteiger partial charge in [-0.15, -0.1) is 0 Å². The van der Waals surface area contributed by atoms with Crippen molar-refractivity contribution < 1.29 is 9.53 Å². The molecule has 0 saturated carbocycles. The first kappa shape index (κ1) is 15.4. The molecule has 1 fully saturated rings. The van der Waals surface area contributed by atoms with E-state index in [0.29, 0.717) is 18.5 Å². The molecular weight excluding hydrogens is 228 g/mol. The Hall–Kier alpha value is -0.610. The number of nitrogens with one attached hydrogen (secondary N) is 1. The van der Waals surface area contributed by atoms with Crippen molar-refractivity contribution in [1.82, 2.24) is 10.2 Å². The van der Waals surface area contributed by atoms with Gasteiger partial charge in [-0.25, -0.2) is 0 Å². The highest BCUT2D eigenvalue weighted by molar-refractivity contribution is 5.84. The van der Waals surface area contributed by atoms with Gasteiger partial charge in [-0.3, -0.25) is 9.69 Å². The summed E-state index contributed by atoms with van der Waals surface area (Å²) in [5.74, 6) is 0.518. The Morgan fingerprint density at radius 1 is 1.33 bits per heavy atom. The molecule has 0 aromatic rings. The van der Waals surface area contributed by atoms with Crippen LogP contribution in [0.5, 0.6) is 0 Å². The van der Waals surface area contributed by atoms with Crippen molar-refractivity contribution in [3.8, 4) is 0 Å². The van der Waals surface area contributed by atoms with Gasteiger partial charge in [-0.1, -0.05) is 13.8 Å². The van der Waals surface area contributed by atoms with Crippen LogP contribution in [-0.2, 0) is 9.53 Å². The maximum atomic E-state index is 12.0. The molecule has 1 aliphatic heterocycles. The molecule has 1 heterocycles. The zero-order chi connectivity index (χ0) is 13.8. The summed E-state index contributed by atoms with van der Waals surface area (Å²) < 4.78 is 5.19. The maximum absolute atomic E-state index is 12.0. The lowest BCUT2D eigenvalue weighted by Crippen LogP contribution is -2.50. The van der Waals surface area contributed by atoms with Crippen LogP contribution in [-0.4, -0.2) is 49.2 Å². The summed E-state index contributed by atoms with van der Waals surface area (Å²) in [4.78, 5) is 14.5. The summed E-state index contributed by atoms with van der Waals surface area (Å²) in [6.07, 6.45) is 2.56. The molecule has 0 aliphatic carbocycles. The number of nitrogens with zero attached hydrogens (tertiary/aromatic N) is 1. The number of carbonyl (C=O) groups excluding carboxylic acids is 1. The third-order valence-corrected chi connectivity index (χ3v) is 3.91. The van der Waals surface area contributed by atoms with E-state index in [-0.39, 0.29) is 5.91 Å². The van der Waals surface area contributed by atoms with Crippen LogP contribution in [0, 0.1) is 5.92 Å². The van der Waals surface area contributed by atoms with Gasteiger partial charge < -0.3 is 10.1 Å². The smallest absolute Gasteiger partial charge is 0.251 e. The largest absolute Gasteiger partial charge is 0.369 e. The van der Waals surface area contributed by atoms with Crippen molar-refractivity contribution in [2.45, 2.75) is 52.2 Å². The van der Waals surface area contributed by atoms with E-state index in [2.05, 4.69) is 24.1 Å². The average molecular weight is 256 g/mol. The highest BCUT2D eigenvalue weighted by Gasteiger charge is 2.29. The molecule has 106 valence electrons. The molecule has 1 N–H and O–H groups in total. The monoisotopic (exact) mass is 256 g/mol. The van der Waals surface area contributed by atoms with Crippen LogP contribution < -0.4 is 5.32 Å². The third-order valence-electron chi connectivity index (χ3n) is 3.91. The lowest BCUT2D eigenvalue weighted by Gasteiger charge is -2.32. The van der Waals surface area contributed by atoms with E-state index in [1.165, 1.54) is 12.8 Å². The minimum absolute atomic E-state index is 0.0325. The number of rotatable bonds is 6. The second-order valence-electron chi connectivity index (χ2n) is 5.98. The number of carbonyl (C=O) groups is 1. The van der Waals surface area contributed by atoms with E-state index in [1.807, 2.05) is 0 Å². The first-order valence-corrected chi connectivity index (χ1v) is 6.96. The topological polar surface area (TPSA) is 41.6 Å². The number of hydrogen-bond acceptors (Lipinski definition) is 3. The van der Waals surface area contributed by atoms with Crippen molar-refractivity contribution in [3.63, 3.8) is 0 Å². The Bertz CT molecular complexity index is 271. The van der Waals surface area contributed by atoms with Crippen LogP contribution in [0.15, 0.2) is 0 Å². The summed E-state index contributed by atoms with van der Waals surface area (Å²) in [5.41, 5.74) is -0.744. The van der Waals surface area contributed by atoms with Gasteiger partial charge in [0.2, 0.25) is 0 Å². The minimum Gasteiger partial charge on any atom is -0.369 e. The van der Waals surface area contributed by atoms with Crippen molar-refractivity contribution in [2.24, 2.45) is 5.92 Å². The van der Waals surface area contributed by atoms with Gasteiger partial charge in [0.25, 0.3) is 5.91 Å². The second-order valence-corrected chi connectivity index (χ2v) is 5.98. The van der Waals surface area contributed by atoms with Crippen LogP contribution in [0.1, 0.15) is 40.5 Å². The Kier molecular flexibility index (Phi) is 5.60. The molecule has 4 heteroatoms. The molecule has 0 bridgehead atoms. The molecule has 0 aromatic carbocycles. The van der Waals surface area contributed by atoms with E-state index < -0.39 is 5.60 Å². The Labute approximate surface area is 111 Å². The zero-order valence-electron chi connectivity index (χ0n) is 12.5. The third kappa shape index (κ3) is 3.95. The lowest BCUT2D eigenvalue weighted by atomic mass is 10.0. The summed E-state index contributed by atoms with van der Waals surface area (Å²) >= 11 is 0. The van der Waals surface area contributed by atoms with Crippen molar-refractivity contribution in [3.05, 3.63) is 0 Å². The number of hydrogen-bond donors (Lipinski definition) is 1. The number of likely N-dealkylation sites (tertiary alicyclic amines) is 1. The first-order valence-electron chi connectivity index (χ1n) is 6.96. The fourth-order valence-electron chi connectivity index (χ4n) is 2.36. The summed E-state index contributed by atoms with van der Waals surface area (Å²) in [7, 11) is 1.57. The van der Waals surface area contributed by atoms with Gasteiger partial charge in [0.15, 0.2) is 0 Å². The Morgan fingerprint density at radius 2 is 1.89 bits per heavy atom. The predicted molar refractivity (Wildman–Crippen MR) is 73.5 cm³/mol. The number of ether oxygens (including phenoxy) is 1. The van der Waals surface area contributed by atoms with Crippen molar-refractivity contribution >= 4 is 5.91 Å². The molecule has 0 aromatic heterocycles. The van der Waals surface area contributed by atoms with E-state index in [4.69, 9.17) is 4.74 Å². The van der Waals surface area contributed by atoms with Crippen LogP contribution in [0.3, 0.4) is 0 Å². The van der Waals surface area contributed by atoms with Gasteiger partial charge in [-0.05, 0) is 45.7 Å². The maximum Gasteiger partial charge on any atom is 0.251 e. The second kappa shape index (κ2) is 6.53. The van der Waals surface area contributed by atoms with Crippen molar-refractivity contribution in [2.75, 3.05) is 26.7 Å². The van der Waals surface area contributed by atoms with Crippen LogP contribution in [0.2, 0.25) is 0 Å². The molecule has 0 radical (unpaired) electrons. The van der Waals surface area contributed by atoms with Gasteiger partial charge in [0, 0.05) is 19.7 Å². The van der Waals surface area contributed by atoms with Crippen LogP contribution in [0.25, 0.3) is 0 Å². The first-order chi connectivity index (χ1) is 8.38. The van der Waals surface area contributed by atoms with E-state index in [0.717, 1.165) is 13.1 Å². The van der Waals surface area contributed by atoms with Gasteiger partial charge >= 0.3 is 0 Å². The Morgan fingerprint density at radius 3 is 2.33 bits per heavy atom. The molecule has 18 heavy (non-hydrogen) atoms. The molecule has 1 rings (SSSR count). The summed E-state index contributed by atoms with van der Waals surface area (Å²) in [6, 6.07) is 0.434. The Balaban J connectivity index is 2.50. The van der Waals surface area contributed by atoms with E-state index >= 15 is 0 Å². The lowest BCUT2D eigenvalue weighted by molar-refractivity contribution is -0.139. The fraction of sp³-hybridized carbons (Fsp3) is 0.929. The van der Waals surface area contributed by atoms with Gasteiger partial charge in [-0.2, -0.15) is 0 Å². The molecule has 1 amide bonds. The minimum atomic E-state index is -0.744. The van der Waals surface area contributed by atoms with Crippen molar-refractivity contribution in [1.29, 1.82) is 0 Å². The molecule has 4 nitrogen and oxygen atoms in total. The summed E-state index contributed by atoms with van der Waals surface area (Å²) in [6.45, 7) is 11.1. The van der Waals surface area contributed by atoms with E-state index in [9.17, 15) is 4.79 Å².